The predicted molar refractivity (Wildman–Crippen MR) is 229 cm³/mol. The third kappa shape index (κ3) is 5.79. The van der Waals surface area contributed by atoms with Crippen LogP contribution in [0, 0.1) is 0 Å². The number of nitrogens with zero attached hydrogens (tertiary/aromatic N) is 2. The van der Waals surface area contributed by atoms with Crippen molar-refractivity contribution in [1.29, 1.82) is 0 Å². The van der Waals surface area contributed by atoms with Gasteiger partial charge < -0.3 is 4.90 Å². The van der Waals surface area contributed by atoms with Gasteiger partial charge in [0.05, 0.1) is 21.6 Å². The summed E-state index contributed by atoms with van der Waals surface area (Å²) in [6, 6.07) is 69.8. The SMILES string of the molecule is c1ccc(-c2ccc(N(c3ccc(-c4ccccc4)cc3-c3ccccc3)c3cccc4sc5cc6sc(-c7ccccc7)nc6cc5c34)cc2)cc1. The Hall–Kier alpha value is -6.33. The van der Waals surface area contributed by atoms with Crippen LogP contribution in [0.4, 0.5) is 17.1 Å². The zero-order valence-electron chi connectivity index (χ0n) is 28.7. The Labute approximate surface area is 316 Å². The molecule has 10 aromatic rings. The van der Waals surface area contributed by atoms with Gasteiger partial charge in [-0.2, -0.15) is 0 Å². The number of aromatic nitrogens is 1. The minimum absolute atomic E-state index is 1.03. The number of thiophene rings is 1. The third-order valence-electron chi connectivity index (χ3n) is 9.91. The van der Waals surface area contributed by atoms with Crippen molar-refractivity contribution in [2.24, 2.45) is 0 Å². The molecular weight excluding hydrogens is 681 g/mol. The summed E-state index contributed by atoms with van der Waals surface area (Å²) in [4.78, 5) is 7.61. The van der Waals surface area contributed by atoms with Gasteiger partial charge in [0.25, 0.3) is 0 Å². The van der Waals surface area contributed by atoms with Crippen molar-refractivity contribution in [3.63, 3.8) is 0 Å². The Kier molecular flexibility index (Phi) is 7.90. The van der Waals surface area contributed by atoms with Gasteiger partial charge in [-0.25, -0.2) is 4.98 Å². The van der Waals surface area contributed by atoms with Crippen LogP contribution in [-0.2, 0) is 0 Å². The van der Waals surface area contributed by atoms with Gasteiger partial charge in [0.2, 0.25) is 0 Å². The zero-order valence-corrected chi connectivity index (χ0v) is 30.3. The van der Waals surface area contributed by atoms with E-state index in [0.29, 0.717) is 0 Å². The van der Waals surface area contributed by atoms with E-state index in [1.165, 1.54) is 58.3 Å². The first kappa shape index (κ1) is 31.4. The first-order valence-corrected chi connectivity index (χ1v) is 19.4. The number of thiazole rings is 1. The van der Waals surface area contributed by atoms with Crippen molar-refractivity contribution in [2.45, 2.75) is 0 Å². The lowest BCUT2D eigenvalue weighted by atomic mass is 9.95. The first-order chi connectivity index (χ1) is 26.3. The third-order valence-corrected chi connectivity index (χ3v) is 12.1. The molecule has 0 N–H and O–H groups in total. The van der Waals surface area contributed by atoms with Crippen LogP contribution in [0.25, 0.3) is 74.3 Å². The lowest BCUT2D eigenvalue weighted by Crippen LogP contribution is -2.11. The predicted octanol–water partition coefficient (Wildman–Crippen LogP) is 14.8. The quantitative estimate of drug-likeness (QED) is 0.164. The highest BCUT2D eigenvalue weighted by molar-refractivity contribution is 7.26. The van der Waals surface area contributed by atoms with Crippen LogP contribution in [-0.4, -0.2) is 4.98 Å². The maximum atomic E-state index is 5.15. The van der Waals surface area contributed by atoms with E-state index in [1.807, 2.05) is 11.3 Å². The Bertz CT molecular complexity index is 2860. The second kappa shape index (κ2) is 13.3. The number of hydrogen-bond donors (Lipinski definition) is 0. The fraction of sp³-hybridized carbons (Fsp3) is 0. The lowest BCUT2D eigenvalue weighted by molar-refractivity contribution is 1.30. The smallest absolute Gasteiger partial charge is 0.124 e. The van der Waals surface area contributed by atoms with Gasteiger partial charge in [-0.15, -0.1) is 22.7 Å². The summed E-state index contributed by atoms with van der Waals surface area (Å²) < 4.78 is 3.73. The second-order valence-corrected chi connectivity index (χ2v) is 15.3. The largest absolute Gasteiger partial charge is 0.309 e. The fourth-order valence-corrected chi connectivity index (χ4v) is 9.57. The van der Waals surface area contributed by atoms with Gasteiger partial charge in [-0.3, -0.25) is 0 Å². The Morgan fingerprint density at radius 1 is 0.377 bits per heavy atom. The number of fused-ring (bicyclic) bond motifs is 4. The first-order valence-electron chi connectivity index (χ1n) is 17.8. The molecule has 0 amide bonds. The molecule has 0 bridgehead atoms. The molecule has 2 heterocycles. The molecule has 0 aliphatic rings. The summed E-state index contributed by atoms with van der Waals surface area (Å²) in [6.45, 7) is 0. The monoisotopic (exact) mass is 712 g/mol. The van der Waals surface area contributed by atoms with E-state index in [1.54, 1.807) is 11.3 Å². The minimum Gasteiger partial charge on any atom is -0.309 e. The van der Waals surface area contributed by atoms with E-state index in [4.69, 9.17) is 4.98 Å². The topological polar surface area (TPSA) is 16.1 Å². The standard InChI is InChI=1S/C49H32N2S2/c1-5-14-33(15-6-1)35-24-27-39(28-25-35)51(43-29-26-38(34-16-7-2-8-17-34)30-40(43)36-18-9-3-10-19-36)44-22-13-23-45-48(44)41-31-42-47(32-46(41)52-45)53-49(50-42)37-20-11-4-12-21-37/h1-32H. The summed E-state index contributed by atoms with van der Waals surface area (Å²) >= 11 is 3.62. The Morgan fingerprint density at radius 2 is 0.962 bits per heavy atom. The lowest BCUT2D eigenvalue weighted by Gasteiger charge is -2.29. The summed E-state index contributed by atoms with van der Waals surface area (Å²) in [7, 11) is 0. The Morgan fingerprint density at radius 3 is 1.64 bits per heavy atom. The molecule has 0 aliphatic carbocycles. The highest BCUT2D eigenvalue weighted by Crippen LogP contribution is 2.49. The number of anilines is 3. The van der Waals surface area contributed by atoms with Crippen molar-refractivity contribution < 1.29 is 0 Å². The van der Waals surface area contributed by atoms with Crippen LogP contribution in [0.2, 0.25) is 0 Å². The molecule has 0 spiro atoms. The van der Waals surface area contributed by atoms with Crippen LogP contribution < -0.4 is 4.90 Å². The molecule has 250 valence electrons. The van der Waals surface area contributed by atoms with E-state index < -0.39 is 0 Å². The number of hydrogen-bond acceptors (Lipinski definition) is 4. The molecule has 2 nitrogen and oxygen atoms in total. The highest BCUT2D eigenvalue weighted by atomic mass is 32.1. The van der Waals surface area contributed by atoms with E-state index in [0.717, 1.165) is 33.1 Å². The van der Waals surface area contributed by atoms with Crippen LogP contribution in [0.5, 0.6) is 0 Å². The molecule has 10 rings (SSSR count). The van der Waals surface area contributed by atoms with Crippen molar-refractivity contribution in [1.82, 2.24) is 4.98 Å². The van der Waals surface area contributed by atoms with Crippen LogP contribution in [0.1, 0.15) is 0 Å². The van der Waals surface area contributed by atoms with Crippen molar-refractivity contribution in [3.8, 4) is 44.0 Å². The number of benzene rings is 8. The molecule has 0 saturated carbocycles. The van der Waals surface area contributed by atoms with Crippen molar-refractivity contribution >= 4 is 70.1 Å². The normalized spacial score (nSPS) is 11.4. The van der Waals surface area contributed by atoms with Crippen molar-refractivity contribution in [2.75, 3.05) is 4.90 Å². The van der Waals surface area contributed by atoms with Gasteiger partial charge in [-0.05, 0) is 76.3 Å². The van der Waals surface area contributed by atoms with Gasteiger partial charge >= 0.3 is 0 Å². The molecule has 2 aromatic heterocycles. The molecule has 4 heteroatoms. The van der Waals surface area contributed by atoms with Gasteiger partial charge in [-0.1, -0.05) is 146 Å². The van der Waals surface area contributed by atoms with Gasteiger partial charge in [0.15, 0.2) is 0 Å². The molecule has 53 heavy (non-hydrogen) atoms. The summed E-state index contributed by atoms with van der Waals surface area (Å²) in [5.41, 5.74) is 12.7. The number of rotatable bonds is 7. The van der Waals surface area contributed by atoms with Crippen LogP contribution >= 0.6 is 22.7 Å². The molecule has 0 radical (unpaired) electrons. The zero-order chi connectivity index (χ0) is 35.1. The molecule has 8 aromatic carbocycles. The molecule has 0 fully saturated rings. The summed E-state index contributed by atoms with van der Waals surface area (Å²) in [5.74, 6) is 0. The second-order valence-electron chi connectivity index (χ2n) is 13.2. The molecule has 0 saturated heterocycles. The Balaban J connectivity index is 1.22. The van der Waals surface area contributed by atoms with Gasteiger partial charge in [0.1, 0.15) is 5.01 Å². The molecule has 0 atom stereocenters. The maximum absolute atomic E-state index is 5.15. The van der Waals surface area contributed by atoms with E-state index in [-0.39, 0.29) is 0 Å². The molecule has 0 aliphatic heterocycles. The van der Waals surface area contributed by atoms with E-state index in [9.17, 15) is 0 Å². The van der Waals surface area contributed by atoms with Crippen molar-refractivity contribution in [3.05, 3.63) is 194 Å². The van der Waals surface area contributed by atoms with Crippen LogP contribution in [0.15, 0.2) is 194 Å². The van der Waals surface area contributed by atoms with E-state index in [2.05, 4.69) is 199 Å². The van der Waals surface area contributed by atoms with Gasteiger partial charge in [0, 0.05) is 37.0 Å². The average Bonchev–Trinajstić information content (AvgIpc) is 3.83. The molecular formula is C49H32N2S2. The average molecular weight is 713 g/mol. The minimum atomic E-state index is 1.03. The highest BCUT2D eigenvalue weighted by Gasteiger charge is 2.23. The summed E-state index contributed by atoms with van der Waals surface area (Å²) in [5, 5.41) is 3.52. The molecule has 0 unspecified atom stereocenters. The van der Waals surface area contributed by atoms with E-state index >= 15 is 0 Å². The maximum Gasteiger partial charge on any atom is 0.124 e. The fourth-order valence-electron chi connectivity index (χ4n) is 7.35. The summed E-state index contributed by atoms with van der Waals surface area (Å²) in [6.07, 6.45) is 0. The van der Waals surface area contributed by atoms with Crippen LogP contribution in [0.3, 0.4) is 0 Å².